The molecular formula is C23H22F3NO4. The van der Waals surface area contributed by atoms with E-state index in [9.17, 15) is 22.8 Å². The first-order chi connectivity index (χ1) is 14.8. The maximum atomic E-state index is 13.9. The molecule has 0 fully saturated rings. The number of allylic oxidation sites excluding steroid dienone is 1. The zero-order chi connectivity index (χ0) is 22.5. The van der Waals surface area contributed by atoms with Gasteiger partial charge in [0.1, 0.15) is 28.8 Å². The Balaban J connectivity index is 1.77. The minimum absolute atomic E-state index is 0.207. The third-order valence-corrected chi connectivity index (χ3v) is 5.09. The molecule has 0 unspecified atom stereocenters. The number of ether oxygens (including phenoxy) is 2. The lowest BCUT2D eigenvalue weighted by Crippen LogP contribution is -2.35. The third kappa shape index (κ3) is 5.07. The second-order valence-corrected chi connectivity index (χ2v) is 7.12. The topological polar surface area (TPSA) is 64.6 Å². The number of methoxy groups -OCH3 is 1. The highest BCUT2D eigenvalue weighted by Gasteiger charge is 2.35. The molecular weight excluding hydrogens is 411 g/mol. The SMILES string of the molecule is CCOC(=O)[C@H](c1cccc(OC)c1)[C@H]1C=C[C@H](NC(=O)c2c(F)cc(F)cc2F)C1. The molecule has 1 aliphatic rings. The number of benzene rings is 2. The van der Waals surface area contributed by atoms with Crippen molar-refractivity contribution in [2.24, 2.45) is 5.92 Å². The molecule has 0 bridgehead atoms. The van der Waals surface area contributed by atoms with E-state index in [1.807, 2.05) is 0 Å². The smallest absolute Gasteiger partial charge is 0.314 e. The van der Waals surface area contributed by atoms with Gasteiger partial charge in [-0.15, -0.1) is 0 Å². The fraction of sp³-hybridized carbons (Fsp3) is 0.304. The van der Waals surface area contributed by atoms with E-state index < -0.39 is 46.9 Å². The van der Waals surface area contributed by atoms with Crippen molar-refractivity contribution in [2.45, 2.75) is 25.3 Å². The van der Waals surface area contributed by atoms with Crippen molar-refractivity contribution in [2.75, 3.05) is 13.7 Å². The van der Waals surface area contributed by atoms with Crippen LogP contribution in [0.2, 0.25) is 0 Å². The highest BCUT2D eigenvalue weighted by molar-refractivity contribution is 5.95. The van der Waals surface area contributed by atoms with Crippen molar-refractivity contribution < 1.29 is 32.2 Å². The number of amides is 1. The van der Waals surface area contributed by atoms with Gasteiger partial charge in [-0.25, -0.2) is 13.2 Å². The van der Waals surface area contributed by atoms with Gasteiger partial charge in [-0.2, -0.15) is 0 Å². The molecule has 3 atom stereocenters. The van der Waals surface area contributed by atoms with E-state index in [4.69, 9.17) is 9.47 Å². The fourth-order valence-electron chi connectivity index (χ4n) is 3.71. The standard InChI is InChI=1S/C23H22F3NO4/c1-3-31-23(29)20(13-5-4-6-17(10-13)30-2)14-7-8-16(9-14)27-22(28)21-18(25)11-15(24)12-19(21)26/h4-8,10-12,14,16,20H,3,9H2,1-2H3,(H,27,28)/t14-,16-,20+/m0/s1. The van der Waals surface area contributed by atoms with E-state index in [0.717, 1.165) is 0 Å². The van der Waals surface area contributed by atoms with Crippen LogP contribution in [0.3, 0.4) is 0 Å². The second-order valence-electron chi connectivity index (χ2n) is 7.12. The molecule has 1 aliphatic carbocycles. The molecule has 1 amide bonds. The Morgan fingerprint density at radius 1 is 1.13 bits per heavy atom. The molecule has 0 saturated carbocycles. The van der Waals surface area contributed by atoms with E-state index in [-0.39, 0.29) is 12.5 Å². The van der Waals surface area contributed by atoms with Crippen molar-refractivity contribution in [1.29, 1.82) is 0 Å². The van der Waals surface area contributed by atoms with Gasteiger partial charge in [-0.3, -0.25) is 9.59 Å². The van der Waals surface area contributed by atoms with Gasteiger partial charge in [0.2, 0.25) is 0 Å². The zero-order valence-corrected chi connectivity index (χ0v) is 17.0. The molecule has 0 heterocycles. The summed E-state index contributed by atoms with van der Waals surface area (Å²) in [5.41, 5.74) is -0.164. The minimum atomic E-state index is -1.28. The predicted molar refractivity (Wildman–Crippen MR) is 107 cm³/mol. The normalized spacial score (nSPS) is 18.5. The van der Waals surface area contributed by atoms with Crippen LogP contribution in [0.4, 0.5) is 13.2 Å². The van der Waals surface area contributed by atoms with Gasteiger partial charge in [-0.05, 0) is 37.0 Å². The number of carbonyl (C=O) groups is 2. The molecule has 5 nitrogen and oxygen atoms in total. The average molecular weight is 433 g/mol. The quantitative estimate of drug-likeness (QED) is 0.527. The average Bonchev–Trinajstić information content (AvgIpc) is 3.15. The molecule has 2 aromatic carbocycles. The van der Waals surface area contributed by atoms with Crippen LogP contribution in [0.25, 0.3) is 0 Å². The molecule has 8 heteroatoms. The lowest BCUT2D eigenvalue weighted by atomic mass is 9.85. The molecule has 164 valence electrons. The van der Waals surface area contributed by atoms with E-state index in [1.54, 1.807) is 43.3 Å². The summed E-state index contributed by atoms with van der Waals surface area (Å²) in [6, 6.07) is 7.38. The van der Waals surface area contributed by atoms with Crippen molar-refractivity contribution in [3.8, 4) is 5.75 Å². The predicted octanol–water partition coefficient (Wildman–Crippen LogP) is 4.13. The Hall–Kier alpha value is -3.29. The van der Waals surface area contributed by atoms with Gasteiger partial charge >= 0.3 is 5.97 Å². The van der Waals surface area contributed by atoms with Crippen LogP contribution in [0.1, 0.15) is 35.2 Å². The molecule has 3 rings (SSSR count). The Morgan fingerprint density at radius 2 is 1.84 bits per heavy atom. The molecule has 0 saturated heterocycles. The number of hydrogen-bond donors (Lipinski definition) is 1. The lowest BCUT2D eigenvalue weighted by Gasteiger charge is -2.23. The van der Waals surface area contributed by atoms with Crippen molar-refractivity contribution in [3.05, 3.63) is 77.1 Å². The number of halogens is 3. The van der Waals surface area contributed by atoms with Crippen LogP contribution < -0.4 is 10.1 Å². The summed E-state index contributed by atoms with van der Waals surface area (Å²) in [4.78, 5) is 25.0. The van der Waals surface area contributed by atoms with Crippen LogP contribution in [0, 0.1) is 23.4 Å². The summed E-state index contributed by atoms with van der Waals surface area (Å²) < 4.78 is 51.4. The van der Waals surface area contributed by atoms with Crippen LogP contribution in [0.15, 0.2) is 48.6 Å². The van der Waals surface area contributed by atoms with E-state index in [0.29, 0.717) is 29.9 Å². The zero-order valence-electron chi connectivity index (χ0n) is 17.0. The molecule has 2 aromatic rings. The summed E-state index contributed by atoms with van der Waals surface area (Å²) in [5.74, 6) is -5.48. The van der Waals surface area contributed by atoms with Gasteiger partial charge in [0.25, 0.3) is 5.91 Å². The summed E-state index contributed by atoms with van der Waals surface area (Å²) in [7, 11) is 1.52. The number of carbonyl (C=O) groups excluding carboxylic acids is 2. The maximum absolute atomic E-state index is 13.9. The van der Waals surface area contributed by atoms with Gasteiger partial charge in [0, 0.05) is 18.2 Å². The molecule has 0 radical (unpaired) electrons. The Morgan fingerprint density at radius 3 is 2.48 bits per heavy atom. The molecule has 0 aromatic heterocycles. The van der Waals surface area contributed by atoms with Crippen LogP contribution in [-0.4, -0.2) is 31.6 Å². The summed E-state index contributed by atoms with van der Waals surface area (Å²) >= 11 is 0. The number of hydrogen-bond acceptors (Lipinski definition) is 4. The Bertz CT molecular complexity index is 985. The number of rotatable bonds is 7. The first kappa shape index (κ1) is 22.4. The first-order valence-electron chi connectivity index (χ1n) is 9.78. The van der Waals surface area contributed by atoms with Crippen molar-refractivity contribution in [3.63, 3.8) is 0 Å². The van der Waals surface area contributed by atoms with Gasteiger partial charge < -0.3 is 14.8 Å². The maximum Gasteiger partial charge on any atom is 0.314 e. The summed E-state index contributed by atoms with van der Waals surface area (Å²) in [6.45, 7) is 1.92. The van der Waals surface area contributed by atoms with Crippen molar-refractivity contribution >= 4 is 11.9 Å². The molecule has 31 heavy (non-hydrogen) atoms. The van der Waals surface area contributed by atoms with Gasteiger partial charge in [-0.1, -0.05) is 24.3 Å². The van der Waals surface area contributed by atoms with Crippen LogP contribution in [0.5, 0.6) is 5.75 Å². The molecule has 1 N–H and O–H groups in total. The fourth-order valence-corrected chi connectivity index (χ4v) is 3.71. The van der Waals surface area contributed by atoms with E-state index in [1.165, 1.54) is 7.11 Å². The Kier molecular flexibility index (Phi) is 6.99. The van der Waals surface area contributed by atoms with E-state index >= 15 is 0 Å². The van der Waals surface area contributed by atoms with Gasteiger partial charge in [0.05, 0.1) is 19.6 Å². The number of nitrogens with one attached hydrogen (secondary N) is 1. The monoisotopic (exact) mass is 433 g/mol. The van der Waals surface area contributed by atoms with E-state index in [2.05, 4.69) is 5.32 Å². The lowest BCUT2D eigenvalue weighted by molar-refractivity contribution is -0.146. The highest BCUT2D eigenvalue weighted by Crippen LogP contribution is 2.36. The van der Waals surface area contributed by atoms with Gasteiger partial charge in [0.15, 0.2) is 0 Å². The minimum Gasteiger partial charge on any atom is -0.497 e. The summed E-state index contributed by atoms with van der Waals surface area (Å²) in [6.07, 6.45) is 3.74. The highest BCUT2D eigenvalue weighted by atomic mass is 19.1. The Labute approximate surface area is 177 Å². The largest absolute Gasteiger partial charge is 0.497 e. The number of esters is 1. The van der Waals surface area contributed by atoms with Crippen LogP contribution >= 0.6 is 0 Å². The second kappa shape index (κ2) is 9.68. The first-order valence-corrected chi connectivity index (χ1v) is 9.78. The van der Waals surface area contributed by atoms with Crippen molar-refractivity contribution in [1.82, 2.24) is 5.32 Å². The molecule has 0 aliphatic heterocycles. The molecule has 0 spiro atoms. The summed E-state index contributed by atoms with van der Waals surface area (Å²) in [5, 5.41) is 2.52. The van der Waals surface area contributed by atoms with Crippen LogP contribution in [-0.2, 0) is 9.53 Å². The third-order valence-electron chi connectivity index (χ3n) is 5.09.